The molecular formula is C14H17N5O. The van der Waals surface area contributed by atoms with Crippen molar-refractivity contribution in [3.05, 3.63) is 47.8 Å². The molecular weight excluding hydrogens is 254 g/mol. The van der Waals surface area contributed by atoms with E-state index in [-0.39, 0.29) is 11.9 Å². The Hall–Kier alpha value is -2.21. The summed E-state index contributed by atoms with van der Waals surface area (Å²) in [7, 11) is 2.08. The smallest absolute Gasteiger partial charge is 0.276 e. The first-order chi connectivity index (χ1) is 9.75. The van der Waals surface area contributed by atoms with Gasteiger partial charge in [-0.1, -0.05) is 30.3 Å². The van der Waals surface area contributed by atoms with Gasteiger partial charge in [0.05, 0.1) is 12.2 Å². The fraction of sp³-hybridized carbons (Fsp3) is 0.357. The van der Waals surface area contributed by atoms with Crippen LogP contribution in [0.25, 0.3) is 0 Å². The van der Waals surface area contributed by atoms with Crippen molar-refractivity contribution in [3.63, 3.8) is 0 Å². The van der Waals surface area contributed by atoms with Gasteiger partial charge in [-0.25, -0.2) is 0 Å². The van der Waals surface area contributed by atoms with E-state index in [1.54, 1.807) is 0 Å². The summed E-state index contributed by atoms with van der Waals surface area (Å²) in [6.45, 7) is 2.39. The van der Waals surface area contributed by atoms with Crippen molar-refractivity contribution in [2.75, 3.05) is 26.7 Å². The molecule has 1 aliphatic heterocycles. The number of nitrogens with one attached hydrogen (secondary N) is 1. The maximum atomic E-state index is 12.5. The summed E-state index contributed by atoms with van der Waals surface area (Å²) in [5.74, 6) is -0.0688. The van der Waals surface area contributed by atoms with Gasteiger partial charge in [-0.2, -0.15) is 15.4 Å². The lowest BCUT2D eigenvalue weighted by atomic mass is 10.0. The van der Waals surface area contributed by atoms with E-state index in [4.69, 9.17) is 0 Å². The first-order valence-electron chi connectivity index (χ1n) is 6.66. The molecule has 104 valence electrons. The third-order valence-electron chi connectivity index (χ3n) is 3.66. The van der Waals surface area contributed by atoms with Crippen LogP contribution in [0.15, 0.2) is 36.5 Å². The summed E-state index contributed by atoms with van der Waals surface area (Å²) in [6, 6.07) is 10.2. The van der Waals surface area contributed by atoms with Crippen molar-refractivity contribution < 1.29 is 4.79 Å². The van der Waals surface area contributed by atoms with Crippen LogP contribution in [0.4, 0.5) is 0 Å². The van der Waals surface area contributed by atoms with Crippen LogP contribution < -0.4 is 0 Å². The van der Waals surface area contributed by atoms with Gasteiger partial charge >= 0.3 is 0 Å². The minimum atomic E-state index is -0.0688. The molecule has 1 saturated heterocycles. The molecule has 1 atom stereocenters. The van der Waals surface area contributed by atoms with E-state index in [1.165, 1.54) is 6.20 Å². The first kappa shape index (κ1) is 12.8. The quantitative estimate of drug-likeness (QED) is 0.882. The number of hydrogen-bond donors (Lipinski definition) is 1. The molecule has 2 aromatic rings. The van der Waals surface area contributed by atoms with Gasteiger partial charge in [0.1, 0.15) is 0 Å². The second kappa shape index (κ2) is 5.42. The van der Waals surface area contributed by atoms with Crippen LogP contribution in [0, 0.1) is 0 Å². The van der Waals surface area contributed by atoms with Crippen LogP contribution in [-0.4, -0.2) is 57.8 Å². The number of piperazine rings is 1. The molecule has 0 aliphatic carbocycles. The second-order valence-electron chi connectivity index (χ2n) is 5.04. The highest BCUT2D eigenvalue weighted by Crippen LogP contribution is 2.25. The van der Waals surface area contributed by atoms with Gasteiger partial charge in [-0.15, -0.1) is 0 Å². The Bertz CT molecular complexity index is 569. The van der Waals surface area contributed by atoms with Crippen LogP contribution in [-0.2, 0) is 0 Å². The lowest BCUT2D eigenvalue weighted by Gasteiger charge is -2.40. The van der Waals surface area contributed by atoms with Crippen molar-refractivity contribution in [2.45, 2.75) is 6.04 Å². The highest BCUT2D eigenvalue weighted by atomic mass is 16.2. The fourth-order valence-corrected chi connectivity index (χ4v) is 2.57. The molecule has 1 amide bonds. The van der Waals surface area contributed by atoms with E-state index in [1.807, 2.05) is 23.1 Å². The molecule has 20 heavy (non-hydrogen) atoms. The summed E-state index contributed by atoms with van der Waals surface area (Å²) in [5.41, 5.74) is 1.52. The molecule has 1 aromatic heterocycles. The zero-order valence-corrected chi connectivity index (χ0v) is 11.4. The van der Waals surface area contributed by atoms with Gasteiger partial charge in [-0.3, -0.25) is 4.79 Å². The van der Waals surface area contributed by atoms with Crippen LogP contribution in [0.1, 0.15) is 22.1 Å². The summed E-state index contributed by atoms with van der Waals surface area (Å²) >= 11 is 0. The Labute approximate surface area is 117 Å². The number of aromatic nitrogens is 3. The molecule has 1 aliphatic rings. The van der Waals surface area contributed by atoms with Crippen molar-refractivity contribution in [1.82, 2.24) is 25.2 Å². The number of rotatable bonds is 2. The number of likely N-dealkylation sites (N-methyl/N-ethyl adjacent to an activating group) is 1. The van der Waals surface area contributed by atoms with Crippen LogP contribution in [0.5, 0.6) is 0 Å². The molecule has 2 heterocycles. The van der Waals surface area contributed by atoms with E-state index < -0.39 is 0 Å². The molecule has 1 fully saturated rings. The molecule has 1 N–H and O–H groups in total. The fourth-order valence-electron chi connectivity index (χ4n) is 2.57. The first-order valence-corrected chi connectivity index (χ1v) is 6.66. The molecule has 6 heteroatoms. The molecule has 0 unspecified atom stereocenters. The summed E-state index contributed by atoms with van der Waals surface area (Å²) in [5, 5.41) is 10.1. The normalized spacial score (nSPS) is 20.1. The molecule has 0 saturated carbocycles. The van der Waals surface area contributed by atoms with E-state index >= 15 is 0 Å². The number of nitrogens with zero attached hydrogens (tertiary/aromatic N) is 4. The predicted molar refractivity (Wildman–Crippen MR) is 74.1 cm³/mol. The van der Waals surface area contributed by atoms with Gasteiger partial charge in [0.2, 0.25) is 0 Å². The highest BCUT2D eigenvalue weighted by molar-refractivity contribution is 5.92. The van der Waals surface area contributed by atoms with Gasteiger partial charge in [0.25, 0.3) is 5.91 Å². The molecule has 0 bridgehead atoms. The number of aromatic amines is 1. The SMILES string of the molecule is CN1CCN(C(=O)c2cn[nH]n2)[C@@H](c2ccccc2)C1. The van der Waals surface area contributed by atoms with Crippen LogP contribution >= 0.6 is 0 Å². The Morgan fingerprint density at radius 3 is 2.80 bits per heavy atom. The second-order valence-corrected chi connectivity index (χ2v) is 5.04. The Kier molecular flexibility index (Phi) is 3.47. The number of amides is 1. The third kappa shape index (κ3) is 2.42. The molecule has 6 nitrogen and oxygen atoms in total. The minimum Gasteiger partial charge on any atom is -0.328 e. The number of hydrogen-bond acceptors (Lipinski definition) is 4. The maximum Gasteiger partial charge on any atom is 0.276 e. The average molecular weight is 271 g/mol. The van der Waals surface area contributed by atoms with Crippen LogP contribution in [0.2, 0.25) is 0 Å². The minimum absolute atomic E-state index is 0.0548. The Morgan fingerprint density at radius 2 is 2.10 bits per heavy atom. The third-order valence-corrected chi connectivity index (χ3v) is 3.66. The van der Waals surface area contributed by atoms with Crippen molar-refractivity contribution >= 4 is 5.91 Å². The van der Waals surface area contributed by atoms with E-state index in [2.05, 4.69) is 39.5 Å². The zero-order valence-electron chi connectivity index (χ0n) is 11.4. The van der Waals surface area contributed by atoms with Crippen molar-refractivity contribution in [2.24, 2.45) is 0 Å². The average Bonchev–Trinajstić information content (AvgIpc) is 3.02. The van der Waals surface area contributed by atoms with Crippen molar-refractivity contribution in [3.8, 4) is 0 Å². The maximum absolute atomic E-state index is 12.5. The number of benzene rings is 1. The van der Waals surface area contributed by atoms with Gasteiger partial charge < -0.3 is 9.80 Å². The number of H-pyrrole nitrogens is 1. The largest absolute Gasteiger partial charge is 0.328 e. The zero-order chi connectivity index (χ0) is 13.9. The van der Waals surface area contributed by atoms with Crippen molar-refractivity contribution in [1.29, 1.82) is 0 Å². The molecule has 0 radical (unpaired) electrons. The lowest BCUT2D eigenvalue weighted by Crippen LogP contribution is -2.49. The summed E-state index contributed by atoms with van der Waals surface area (Å²) in [4.78, 5) is 16.7. The summed E-state index contributed by atoms with van der Waals surface area (Å²) in [6.07, 6.45) is 1.47. The number of carbonyl (C=O) groups excluding carboxylic acids is 1. The topological polar surface area (TPSA) is 65.1 Å². The molecule has 3 rings (SSSR count). The Balaban J connectivity index is 1.89. The predicted octanol–water partition coefficient (Wildman–Crippen LogP) is 0.934. The van der Waals surface area contributed by atoms with Gasteiger partial charge in [0.15, 0.2) is 5.69 Å². The number of carbonyl (C=O) groups is 1. The Morgan fingerprint density at radius 1 is 1.30 bits per heavy atom. The highest BCUT2D eigenvalue weighted by Gasteiger charge is 2.31. The van der Waals surface area contributed by atoms with Gasteiger partial charge in [0, 0.05) is 19.6 Å². The summed E-state index contributed by atoms with van der Waals surface area (Å²) < 4.78 is 0. The standard InChI is InChI=1S/C14H17N5O/c1-18-7-8-19(14(20)12-9-15-17-16-12)13(10-18)11-5-3-2-4-6-11/h2-6,9,13H,7-8,10H2,1H3,(H,15,16,17)/t13-/m1/s1. The molecule has 0 spiro atoms. The van der Waals surface area contributed by atoms with E-state index in [0.717, 1.165) is 18.7 Å². The van der Waals surface area contributed by atoms with E-state index in [0.29, 0.717) is 12.2 Å². The lowest BCUT2D eigenvalue weighted by molar-refractivity contribution is 0.0492. The van der Waals surface area contributed by atoms with Gasteiger partial charge in [-0.05, 0) is 12.6 Å². The van der Waals surface area contributed by atoms with E-state index in [9.17, 15) is 4.79 Å². The molecule has 1 aromatic carbocycles. The van der Waals surface area contributed by atoms with Crippen LogP contribution in [0.3, 0.4) is 0 Å². The monoisotopic (exact) mass is 271 g/mol.